The van der Waals surface area contributed by atoms with E-state index in [0.717, 1.165) is 19.3 Å². The molecule has 0 amide bonds. The van der Waals surface area contributed by atoms with Crippen LogP contribution in [0.4, 0.5) is 0 Å². The van der Waals surface area contributed by atoms with Crippen molar-refractivity contribution in [3.63, 3.8) is 0 Å². The van der Waals surface area contributed by atoms with E-state index >= 15 is 0 Å². The molecule has 84 valence electrons. The first-order valence-corrected chi connectivity index (χ1v) is 5.31. The summed E-state index contributed by atoms with van der Waals surface area (Å²) in [6.45, 7) is 3.58. The Morgan fingerprint density at radius 3 is 2.57 bits per heavy atom. The molecule has 0 aliphatic heterocycles. The number of carbonyl (C=O) groups excluding carboxylic acids is 1. The van der Waals surface area contributed by atoms with Gasteiger partial charge in [0.1, 0.15) is 0 Å². The van der Waals surface area contributed by atoms with E-state index in [-0.39, 0.29) is 13.0 Å². The van der Waals surface area contributed by atoms with Crippen LogP contribution in [0.15, 0.2) is 0 Å². The van der Waals surface area contributed by atoms with E-state index in [4.69, 9.17) is 6.85 Å². The number of carbonyl (C=O) groups is 1. The highest BCUT2D eigenvalue weighted by atomic mass is 16.5. The van der Waals surface area contributed by atoms with Crippen molar-refractivity contribution in [2.75, 3.05) is 6.61 Å². The fourth-order valence-electron chi connectivity index (χ4n) is 1.02. The maximum Gasteiger partial charge on any atom is 0.305 e. The largest absolute Gasteiger partial charge is 0.466 e. The first kappa shape index (κ1) is 6.86. The predicted molar refractivity (Wildman–Crippen MR) is 59.2 cm³/mol. The number of hydrogen-bond acceptors (Lipinski definition) is 2. The zero-order chi connectivity index (χ0) is 15.1. The summed E-state index contributed by atoms with van der Waals surface area (Å²) in [5, 5.41) is 0. The summed E-state index contributed by atoms with van der Waals surface area (Å²) in [5.74, 6) is -1.23. The van der Waals surface area contributed by atoms with E-state index in [1.807, 2.05) is 0 Å². The van der Waals surface area contributed by atoms with E-state index in [1.54, 1.807) is 0 Å². The summed E-state index contributed by atoms with van der Waals surface area (Å²) in [6, 6.07) is 0. The second kappa shape index (κ2) is 10.6. The lowest BCUT2D eigenvalue weighted by molar-refractivity contribution is -0.143. The molecule has 0 aromatic carbocycles. The Labute approximate surface area is 95.1 Å². The molecule has 14 heavy (non-hydrogen) atoms. The molecule has 0 aliphatic carbocycles. The molecule has 0 aromatic rings. The van der Waals surface area contributed by atoms with Crippen LogP contribution in [-0.2, 0) is 9.53 Å². The van der Waals surface area contributed by atoms with Crippen LogP contribution in [0.5, 0.6) is 0 Å². The van der Waals surface area contributed by atoms with Crippen molar-refractivity contribution in [1.29, 1.82) is 0 Å². The number of ether oxygens (including phenoxy) is 1. The molecule has 0 fully saturated rings. The third kappa shape index (κ3) is 9.56. The third-order valence-electron chi connectivity index (χ3n) is 1.75. The highest BCUT2D eigenvalue weighted by molar-refractivity contribution is 5.69. The molecule has 0 rings (SSSR count). The molecule has 1 atom stereocenters. The molecular weight excluding hydrogens is 176 g/mol. The highest BCUT2D eigenvalue weighted by Gasteiger charge is 2.00. The summed E-state index contributed by atoms with van der Waals surface area (Å²) in [4.78, 5) is 11.5. The fourth-order valence-corrected chi connectivity index (χ4v) is 1.02. The lowest BCUT2D eigenvalue weighted by Gasteiger charge is -2.01. The molecular formula is C12H24O2. The first-order valence-electron chi connectivity index (χ1n) is 7.89. The minimum atomic E-state index is -2.79. The Morgan fingerprint density at radius 2 is 1.93 bits per heavy atom. The molecule has 1 unspecified atom stereocenters. The Morgan fingerprint density at radius 1 is 1.21 bits per heavy atom. The van der Waals surface area contributed by atoms with E-state index in [1.165, 1.54) is 6.92 Å². The van der Waals surface area contributed by atoms with E-state index in [9.17, 15) is 4.79 Å². The maximum atomic E-state index is 11.5. The van der Waals surface area contributed by atoms with Crippen molar-refractivity contribution >= 4 is 5.97 Å². The van der Waals surface area contributed by atoms with E-state index < -0.39 is 25.1 Å². The lowest BCUT2D eigenvalue weighted by Crippen LogP contribution is -2.03. The quantitative estimate of drug-likeness (QED) is 0.424. The van der Waals surface area contributed by atoms with Crippen LogP contribution >= 0.6 is 0 Å². The smallest absolute Gasteiger partial charge is 0.305 e. The first-order chi connectivity index (χ1) is 8.71. The Bertz CT molecular complexity index is 281. The van der Waals surface area contributed by atoms with Gasteiger partial charge < -0.3 is 4.74 Å². The molecule has 0 bridgehead atoms. The van der Waals surface area contributed by atoms with Gasteiger partial charge >= 0.3 is 5.97 Å². The van der Waals surface area contributed by atoms with Crippen molar-refractivity contribution in [1.82, 2.24) is 0 Å². The number of hydrogen-bond donors (Lipinski definition) is 0. The standard InChI is InChI=1S/C12H24O2/c1-3-5-6-7-8-9-10-11-12(13)14-4-2/h3-11H2,1-2H3/i9D,10D2,11D2. The maximum absolute atomic E-state index is 11.5. The average Bonchev–Trinajstić information content (AvgIpc) is 2.34. The fraction of sp³-hybridized carbons (Fsp3) is 0.917. The van der Waals surface area contributed by atoms with Gasteiger partial charge in [-0.3, -0.25) is 4.79 Å². The highest BCUT2D eigenvalue weighted by Crippen LogP contribution is 2.08. The average molecular weight is 205 g/mol. The molecule has 0 aliphatic rings. The zero-order valence-electron chi connectivity index (χ0n) is 14.1. The van der Waals surface area contributed by atoms with Gasteiger partial charge in [0.2, 0.25) is 0 Å². The zero-order valence-corrected chi connectivity index (χ0v) is 9.14. The topological polar surface area (TPSA) is 26.3 Å². The van der Waals surface area contributed by atoms with Crippen LogP contribution in [0.2, 0.25) is 0 Å². The van der Waals surface area contributed by atoms with Gasteiger partial charge in [-0.05, 0) is 13.3 Å². The van der Waals surface area contributed by atoms with Gasteiger partial charge in [-0.25, -0.2) is 0 Å². The van der Waals surface area contributed by atoms with Crippen LogP contribution in [0.25, 0.3) is 0 Å². The predicted octanol–water partition coefficient (Wildman–Crippen LogP) is 3.69. The minimum Gasteiger partial charge on any atom is -0.466 e. The molecule has 2 nitrogen and oxygen atoms in total. The molecule has 0 heterocycles. The van der Waals surface area contributed by atoms with Crippen LogP contribution in [0.3, 0.4) is 0 Å². The van der Waals surface area contributed by atoms with Crippen molar-refractivity contribution in [2.24, 2.45) is 0 Å². The van der Waals surface area contributed by atoms with Crippen LogP contribution in [-0.4, -0.2) is 12.6 Å². The van der Waals surface area contributed by atoms with Gasteiger partial charge in [-0.15, -0.1) is 0 Å². The van der Waals surface area contributed by atoms with Crippen LogP contribution in [0.1, 0.15) is 71.9 Å². The lowest BCUT2D eigenvalue weighted by atomic mass is 10.1. The molecule has 0 aromatic heterocycles. The van der Waals surface area contributed by atoms with Crippen molar-refractivity contribution < 1.29 is 16.4 Å². The third-order valence-corrected chi connectivity index (χ3v) is 1.75. The minimum absolute atomic E-state index is 0.00636. The van der Waals surface area contributed by atoms with Gasteiger partial charge in [-0.2, -0.15) is 0 Å². The van der Waals surface area contributed by atoms with Gasteiger partial charge in [-0.1, -0.05) is 45.4 Å². The molecule has 0 saturated heterocycles. The SMILES string of the molecule is [2H]C(CCCCCC)C([2H])([2H])C([2H])([2H])C(=O)OCC. The van der Waals surface area contributed by atoms with Gasteiger partial charge in [0, 0.05) is 13.2 Å². The Balaban J connectivity index is 4.59. The molecule has 0 saturated carbocycles. The number of esters is 1. The Kier molecular flexibility index (Phi) is 5.17. The summed E-state index contributed by atoms with van der Waals surface area (Å²) in [7, 11) is 0. The van der Waals surface area contributed by atoms with E-state index in [0.29, 0.717) is 6.42 Å². The molecule has 0 spiro atoms. The van der Waals surface area contributed by atoms with Gasteiger partial charge in [0.15, 0.2) is 0 Å². The van der Waals surface area contributed by atoms with Crippen molar-refractivity contribution in [2.45, 2.75) is 65.1 Å². The molecule has 2 heteroatoms. The van der Waals surface area contributed by atoms with Crippen LogP contribution in [0, 0.1) is 0 Å². The number of rotatable bonds is 9. The molecule has 0 N–H and O–H groups in total. The van der Waals surface area contributed by atoms with Crippen molar-refractivity contribution in [3.05, 3.63) is 0 Å². The second-order valence-corrected chi connectivity index (χ2v) is 3.04. The summed E-state index contributed by atoms with van der Waals surface area (Å²) >= 11 is 0. The van der Waals surface area contributed by atoms with E-state index in [2.05, 4.69) is 11.7 Å². The Hall–Kier alpha value is -0.530. The summed E-state index contributed by atoms with van der Waals surface area (Å²) in [5.41, 5.74) is 0. The monoisotopic (exact) mass is 205 g/mol. The van der Waals surface area contributed by atoms with Gasteiger partial charge in [0.05, 0.1) is 6.61 Å². The summed E-state index contributed by atoms with van der Waals surface area (Å²) in [6.07, 6.45) is -2.76. The molecule has 0 radical (unpaired) electrons. The van der Waals surface area contributed by atoms with Crippen LogP contribution < -0.4 is 0 Å². The summed E-state index contributed by atoms with van der Waals surface area (Å²) < 4.78 is 42.9. The number of unbranched alkanes of at least 4 members (excludes halogenated alkanes) is 3. The second-order valence-electron chi connectivity index (χ2n) is 3.04. The van der Waals surface area contributed by atoms with Crippen molar-refractivity contribution in [3.8, 4) is 0 Å². The van der Waals surface area contributed by atoms with Gasteiger partial charge in [0.25, 0.3) is 0 Å². The normalized spacial score (nSPS) is 19.7.